The molecule has 0 aliphatic carbocycles. The van der Waals surface area contributed by atoms with Gasteiger partial charge in [0, 0.05) is 30.0 Å². The average Bonchev–Trinajstić information content (AvgIpc) is 2.23. The third-order valence-electron chi connectivity index (χ3n) is 2.43. The van der Waals surface area contributed by atoms with E-state index in [4.69, 9.17) is 0 Å². The van der Waals surface area contributed by atoms with Gasteiger partial charge in [-0.05, 0) is 28.4 Å². The molecule has 0 amide bonds. The molecule has 1 heterocycles. The van der Waals surface area contributed by atoms with Crippen LogP contribution in [0.1, 0.15) is 19.4 Å². The molecule has 0 atom stereocenters. The predicted octanol–water partition coefficient (Wildman–Crippen LogP) is 2.18. The third kappa shape index (κ3) is 2.44. The molecule has 0 bridgehead atoms. The van der Waals surface area contributed by atoms with Gasteiger partial charge in [-0.15, -0.1) is 0 Å². The summed E-state index contributed by atoms with van der Waals surface area (Å²) in [7, 11) is -3.41. The van der Waals surface area contributed by atoms with Crippen LogP contribution in [0, 0.1) is 6.92 Å². The van der Waals surface area contributed by atoms with Crippen LogP contribution in [0.4, 0.5) is 0 Å². The molecule has 0 aromatic carbocycles. The summed E-state index contributed by atoms with van der Waals surface area (Å²) in [6.07, 6.45) is 2.99. The van der Waals surface area contributed by atoms with Crippen molar-refractivity contribution >= 4 is 26.0 Å². The van der Waals surface area contributed by atoms with Gasteiger partial charge in [-0.1, -0.05) is 13.8 Å². The quantitative estimate of drug-likeness (QED) is 0.857. The van der Waals surface area contributed by atoms with Gasteiger partial charge in [-0.2, -0.15) is 4.31 Å². The predicted molar refractivity (Wildman–Crippen MR) is 66.8 cm³/mol. The second-order valence-corrected chi connectivity index (χ2v) is 6.09. The van der Waals surface area contributed by atoms with Crippen LogP contribution >= 0.6 is 15.9 Å². The molecule has 16 heavy (non-hydrogen) atoms. The van der Waals surface area contributed by atoms with Gasteiger partial charge in [0.05, 0.1) is 0 Å². The standard InChI is InChI=1S/C10H15BrN2O2S/c1-4-13(5-2)16(14,15)10-7-12-6-9(11)8(10)3/h6-7H,4-5H2,1-3H3. The average molecular weight is 307 g/mol. The van der Waals surface area contributed by atoms with Gasteiger partial charge in [0.15, 0.2) is 0 Å². The van der Waals surface area contributed by atoms with Crippen molar-refractivity contribution < 1.29 is 8.42 Å². The summed E-state index contributed by atoms with van der Waals surface area (Å²) >= 11 is 3.29. The number of hydrogen-bond donors (Lipinski definition) is 0. The Labute approximate surface area is 105 Å². The van der Waals surface area contributed by atoms with Gasteiger partial charge in [-0.25, -0.2) is 8.42 Å². The monoisotopic (exact) mass is 306 g/mol. The van der Waals surface area contributed by atoms with E-state index in [1.54, 1.807) is 13.1 Å². The van der Waals surface area contributed by atoms with E-state index in [0.29, 0.717) is 23.1 Å². The molecule has 0 fully saturated rings. The van der Waals surface area contributed by atoms with Crippen LogP contribution in [0.2, 0.25) is 0 Å². The molecule has 6 heteroatoms. The summed E-state index contributed by atoms with van der Waals surface area (Å²) in [5, 5.41) is 0. The minimum absolute atomic E-state index is 0.269. The highest BCUT2D eigenvalue weighted by molar-refractivity contribution is 9.10. The SMILES string of the molecule is CCN(CC)S(=O)(=O)c1cncc(Br)c1C. The number of aromatic nitrogens is 1. The van der Waals surface area contributed by atoms with E-state index in [-0.39, 0.29) is 4.90 Å². The highest BCUT2D eigenvalue weighted by Crippen LogP contribution is 2.24. The molecule has 0 unspecified atom stereocenters. The highest BCUT2D eigenvalue weighted by Gasteiger charge is 2.24. The Morgan fingerprint density at radius 2 is 1.88 bits per heavy atom. The Hall–Kier alpha value is -0.460. The van der Waals surface area contributed by atoms with Crippen molar-refractivity contribution in [2.75, 3.05) is 13.1 Å². The zero-order valence-electron chi connectivity index (χ0n) is 9.57. The summed E-state index contributed by atoms with van der Waals surface area (Å²) < 4.78 is 26.6. The summed E-state index contributed by atoms with van der Waals surface area (Å²) in [4.78, 5) is 4.18. The molecule has 4 nitrogen and oxygen atoms in total. The lowest BCUT2D eigenvalue weighted by Gasteiger charge is -2.19. The van der Waals surface area contributed by atoms with Crippen molar-refractivity contribution in [2.24, 2.45) is 0 Å². The van der Waals surface area contributed by atoms with E-state index >= 15 is 0 Å². The van der Waals surface area contributed by atoms with E-state index in [1.807, 2.05) is 13.8 Å². The lowest BCUT2D eigenvalue weighted by Crippen LogP contribution is -2.31. The fraction of sp³-hybridized carbons (Fsp3) is 0.500. The van der Waals surface area contributed by atoms with Crippen molar-refractivity contribution in [1.82, 2.24) is 9.29 Å². The number of pyridine rings is 1. The van der Waals surface area contributed by atoms with E-state index in [9.17, 15) is 8.42 Å². The van der Waals surface area contributed by atoms with Crippen molar-refractivity contribution in [3.05, 3.63) is 22.4 Å². The second-order valence-electron chi connectivity index (χ2n) is 3.33. The molecule has 0 radical (unpaired) electrons. The van der Waals surface area contributed by atoms with Gasteiger partial charge >= 0.3 is 0 Å². The van der Waals surface area contributed by atoms with E-state index in [0.717, 1.165) is 0 Å². The van der Waals surface area contributed by atoms with Crippen LogP contribution in [0.3, 0.4) is 0 Å². The molecule has 1 rings (SSSR count). The zero-order chi connectivity index (χ0) is 12.3. The lowest BCUT2D eigenvalue weighted by atomic mass is 10.3. The van der Waals surface area contributed by atoms with Crippen LogP contribution in [0.5, 0.6) is 0 Å². The Bertz CT molecular complexity index is 470. The maximum Gasteiger partial charge on any atom is 0.244 e. The fourth-order valence-electron chi connectivity index (χ4n) is 1.44. The smallest absolute Gasteiger partial charge is 0.244 e. The topological polar surface area (TPSA) is 50.3 Å². The summed E-state index contributed by atoms with van der Waals surface area (Å²) in [6.45, 7) is 6.33. The Morgan fingerprint density at radius 3 is 2.38 bits per heavy atom. The first-order chi connectivity index (χ1) is 7.45. The van der Waals surface area contributed by atoms with E-state index in [2.05, 4.69) is 20.9 Å². The molecule has 0 aliphatic heterocycles. The van der Waals surface area contributed by atoms with Crippen molar-refractivity contribution in [3.63, 3.8) is 0 Å². The minimum Gasteiger partial charge on any atom is -0.262 e. The van der Waals surface area contributed by atoms with Crippen molar-refractivity contribution in [3.8, 4) is 0 Å². The Balaban J connectivity index is 3.33. The minimum atomic E-state index is -3.41. The van der Waals surface area contributed by atoms with Crippen LogP contribution in [0.25, 0.3) is 0 Å². The van der Waals surface area contributed by atoms with Crippen LogP contribution in [0.15, 0.2) is 21.8 Å². The number of rotatable bonds is 4. The second kappa shape index (κ2) is 5.25. The molecule has 0 spiro atoms. The van der Waals surface area contributed by atoms with Crippen molar-refractivity contribution in [1.29, 1.82) is 0 Å². The van der Waals surface area contributed by atoms with Gasteiger partial charge in [0.1, 0.15) is 4.90 Å². The molecule has 0 N–H and O–H groups in total. The van der Waals surface area contributed by atoms with Gasteiger partial charge < -0.3 is 0 Å². The third-order valence-corrected chi connectivity index (χ3v) is 5.39. The first kappa shape index (κ1) is 13.6. The normalized spacial score (nSPS) is 12.1. The number of hydrogen-bond acceptors (Lipinski definition) is 3. The first-order valence-electron chi connectivity index (χ1n) is 5.05. The molecule has 90 valence electrons. The molecule has 0 saturated carbocycles. The maximum atomic E-state index is 12.2. The molecule has 0 saturated heterocycles. The molecular weight excluding hydrogens is 292 g/mol. The molecule has 1 aromatic heterocycles. The van der Waals surface area contributed by atoms with Gasteiger partial charge in [-0.3, -0.25) is 4.98 Å². The van der Waals surface area contributed by atoms with Crippen LogP contribution < -0.4 is 0 Å². The van der Waals surface area contributed by atoms with Gasteiger partial charge in [0.2, 0.25) is 10.0 Å². The van der Waals surface area contributed by atoms with E-state index < -0.39 is 10.0 Å². The molecular formula is C10H15BrN2O2S. The Morgan fingerprint density at radius 1 is 1.31 bits per heavy atom. The highest BCUT2D eigenvalue weighted by atomic mass is 79.9. The maximum absolute atomic E-state index is 12.2. The number of nitrogens with zero attached hydrogens (tertiary/aromatic N) is 2. The van der Waals surface area contributed by atoms with Crippen molar-refractivity contribution in [2.45, 2.75) is 25.7 Å². The molecule has 0 aliphatic rings. The first-order valence-corrected chi connectivity index (χ1v) is 7.28. The molecule has 1 aromatic rings. The number of sulfonamides is 1. The van der Waals surface area contributed by atoms with E-state index in [1.165, 1.54) is 10.5 Å². The lowest BCUT2D eigenvalue weighted by molar-refractivity contribution is 0.444. The van der Waals surface area contributed by atoms with Crippen LogP contribution in [-0.2, 0) is 10.0 Å². The van der Waals surface area contributed by atoms with Gasteiger partial charge in [0.25, 0.3) is 0 Å². The van der Waals surface area contributed by atoms with Crippen LogP contribution in [-0.4, -0.2) is 30.8 Å². The summed E-state index contributed by atoms with van der Waals surface area (Å²) in [5.74, 6) is 0. The number of halogens is 1. The fourth-order valence-corrected chi connectivity index (χ4v) is 3.56. The Kier molecular flexibility index (Phi) is 4.46. The summed E-state index contributed by atoms with van der Waals surface area (Å²) in [6, 6.07) is 0. The largest absolute Gasteiger partial charge is 0.262 e. The summed E-state index contributed by atoms with van der Waals surface area (Å²) in [5.41, 5.74) is 0.696. The zero-order valence-corrected chi connectivity index (χ0v) is 12.0.